The van der Waals surface area contributed by atoms with Crippen molar-refractivity contribution in [2.45, 2.75) is 38.5 Å². The molecule has 7 nitrogen and oxygen atoms in total. The maximum absolute atomic E-state index is 13.8. The summed E-state index contributed by atoms with van der Waals surface area (Å²) in [4.78, 5) is 27.2. The number of carbonyl (C=O) groups excluding carboxylic acids is 2. The smallest absolute Gasteiger partial charge is 0.336 e. The minimum Gasteiger partial charge on any atom is -0.493 e. The van der Waals surface area contributed by atoms with Crippen LogP contribution in [0.3, 0.4) is 0 Å². The van der Waals surface area contributed by atoms with Crippen molar-refractivity contribution in [1.82, 2.24) is 5.32 Å². The number of hydrogen-bond acceptors (Lipinski definition) is 7. The molecule has 196 valence electrons. The van der Waals surface area contributed by atoms with E-state index in [1.54, 1.807) is 20.3 Å². The summed E-state index contributed by atoms with van der Waals surface area (Å²) in [6.45, 7) is 4.66. The van der Waals surface area contributed by atoms with Crippen LogP contribution >= 0.6 is 11.6 Å². The Labute approximate surface area is 222 Å². The number of rotatable bonds is 9. The average Bonchev–Trinajstić information content (AvgIpc) is 2.89. The summed E-state index contributed by atoms with van der Waals surface area (Å²) >= 11 is 6.08. The monoisotopic (exact) mass is 525 g/mol. The second-order valence-corrected chi connectivity index (χ2v) is 9.42. The number of para-hydroxylation sites is 1. The van der Waals surface area contributed by atoms with Gasteiger partial charge in [0.2, 0.25) is 0 Å². The summed E-state index contributed by atoms with van der Waals surface area (Å²) in [5.41, 5.74) is 4.09. The zero-order chi connectivity index (χ0) is 26.5. The summed E-state index contributed by atoms with van der Waals surface area (Å²) in [5, 5.41) is 4.02. The number of halogens is 1. The van der Waals surface area contributed by atoms with Crippen molar-refractivity contribution in [2.24, 2.45) is 0 Å². The van der Waals surface area contributed by atoms with E-state index in [-0.39, 0.29) is 18.3 Å². The van der Waals surface area contributed by atoms with Crippen LogP contribution in [0.25, 0.3) is 0 Å². The van der Waals surface area contributed by atoms with Crippen LogP contribution in [0.4, 0.5) is 0 Å². The molecule has 0 spiro atoms. The number of hydrogen-bond donors (Lipinski definition) is 1. The zero-order valence-corrected chi connectivity index (χ0v) is 22.3. The number of ketones is 1. The molecule has 1 heterocycles. The highest BCUT2D eigenvalue weighted by Crippen LogP contribution is 2.49. The first-order valence-corrected chi connectivity index (χ1v) is 12.7. The number of esters is 1. The molecule has 0 saturated heterocycles. The number of benzene rings is 2. The highest BCUT2D eigenvalue weighted by molar-refractivity contribution is 6.30. The normalized spacial score (nSPS) is 19.3. The van der Waals surface area contributed by atoms with Gasteiger partial charge in [0.25, 0.3) is 0 Å². The first-order valence-electron chi connectivity index (χ1n) is 12.3. The third-order valence-corrected chi connectivity index (χ3v) is 7.05. The Hall–Kier alpha value is -3.29. The van der Waals surface area contributed by atoms with E-state index >= 15 is 0 Å². The fraction of sp³-hybridized carbons (Fsp3) is 0.379. The quantitative estimate of drug-likeness (QED) is 0.351. The van der Waals surface area contributed by atoms with Crippen LogP contribution in [0.2, 0.25) is 5.02 Å². The molecule has 0 bridgehead atoms. The average molecular weight is 526 g/mol. The molecule has 0 fully saturated rings. The molecule has 0 aromatic heterocycles. The Morgan fingerprint density at radius 2 is 1.81 bits per heavy atom. The molecule has 0 saturated carbocycles. The minimum absolute atomic E-state index is 0.00336. The lowest BCUT2D eigenvalue weighted by molar-refractivity contribution is -0.140. The number of dihydropyridines is 1. The molecule has 37 heavy (non-hydrogen) atoms. The van der Waals surface area contributed by atoms with Gasteiger partial charge in [-0.1, -0.05) is 35.9 Å². The van der Waals surface area contributed by atoms with Gasteiger partial charge >= 0.3 is 5.97 Å². The van der Waals surface area contributed by atoms with Crippen LogP contribution in [0, 0.1) is 0 Å². The predicted molar refractivity (Wildman–Crippen MR) is 141 cm³/mol. The predicted octanol–water partition coefficient (Wildman–Crippen LogP) is 5.30. The zero-order valence-electron chi connectivity index (χ0n) is 21.6. The molecule has 1 aliphatic carbocycles. The van der Waals surface area contributed by atoms with Gasteiger partial charge < -0.3 is 24.3 Å². The topological polar surface area (TPSA) is 83.1 Å². The number of methoxy groups -OCH3 is 2. The van der Waals surface area contributed by atoms with Crippen molar-refractivity contribution < 1.29 is 28.5 Å². The Morgan fingerprint density at radius 3 is 2.49 bits per heavy atom. The van der Waals surface area contributed by atoms with Crippen molar-refractivity contribution in [2.75, 3.05) is 34.0 Å². The fourth-order valence-electron chi connectivity index (χ4n) is 5.15. The highest BCUT2D eigenvalue weighted by atomic mass is 35.5. The van der Waals surface area contributed by atoms with Gasteiger partial charge in [-0.3, -0.25) is 4.79 Å². The number of carbonyl (C=O) groups is 2. The molecule has 8 heteroatoms. The first kappa shape index (κ1) is 26.8. The molecule has 4 rings (SSSR count). The summed E-state index contributed by atoms with van der Waals surface area (Å²) < 4.78 is 22.2. The van der Waals surface area contributed by atoms with Crippen LogP contribution in [0.15, 0.2) is 65.0 Å². The molecule has 2 atom stereocenters. The lowest BCUT2D eigenvalue weighted by Crippen LogP contribution is -2.36. The molecule has 2 aromatic rings. The van der Waals surface area contributed by atoms with E-state index in [4.69, 9.17) is 30.5 Å². The molecule has 0 unspecified atom stereocenters. The van der Waals surface area contributed by atoms with E-state index in [1.807, 2.05) is 50.2 Å². The van der Waals surface area contributed by atoms with Crippen LogP contribution in [0.1, 0.15) is 49.7 Å². The summed E-state index contributed by atoms with van der Waals surface area (Å²) in [7, 11) is 3.11. The lowest BCUT2D eigenvalue weighted by atomic mass is 9.71. The highest BCUT2D eigenvalue weighted by Gasteiger charge is 2.42. The Morgan fingerprint density at radius 1 is 1.05 bits per heavy atom. The molecule has 2 aliphatic rings. The van der Waals surface area contributed by atoms with Crippen LogP contribution < -0.4 is 14.8 Å². The van der Waals surface area contributed by atoms with Crippen molar-refractivity contribution in [3.63, 3.8) is 0 Å². The van der Waals surface area contributed by atoms with E-state index in [9.17, 15) is 9.59 Å². The maximum atomic E-state index is 13.8. The summed E-state index contributed by atoms with van der Waals surface area (Å²) in [5.74, 6) is -0.209. The Kier molecular flexibility index (Phi) is 8.56. The third kappa shape index (κ3) is 5.53. The number of Topliss-reactive ketones (excluding diaryl/α,β-unsaturated/α-hetero) is 1. The molecular formula is C29H32ClNO6. The van der Waals surface area contributed by atoms with E-state index in [0.29, 0.717) is 65.0 Å². The van der Waals surface area contributed by atoms with E-state index in [0.717, 1.165) is 11.3 Å². The van der Waals surface area contributed by atoms with E-state index in [2.05, 4.69) is 5.32 Å². The second kappa shape index (κ2) is 11.8. The first-order chi connectivity index (χ1) is 17.9. The summed E-state index contributed by atoms with van der Waals surface area (Å²) in [6.07, 6.45) is 0.937. The van der Waals surface area contributed by atoms with Gasteiger partial charge in [0.05, 0.1) is 32.3 Å². The number of allylic oxidation sites excluding steroid dienone is 3. The maximum Gasteiger partial charge on any atom is 0.336 e. The molecule has 2 aromatic carbocycles. The van der Waals surface area contributed by atoms with Gasteiger partial charge in [0, 0.05) is 40.6 Å². The van der Waals surface area contributed by atoms with Crippen molar-refractivity contribution in [1.29, 1.82) is 0 Å². The SMILES string of the molecule is CCOCCOC(=O)C1=C(C)NC2=C(C(=O)C[C@@H](c3ccc(Cl)cc3)C2)[C@H]1c1cccc(OC)c1OC. The van der Waals surface area contributed by atoms with Crippen LogP contribution in [-0.4, -0.2) is 45.8 Å². The molecule has 1 N–H and O–H groups in total. The second-order valence-electron chi connectivity index (χ2n) is 8.98. The van der Waals surface area contributed by atoms with Crippen LogP contribution in [-0.2, 0) is 19.1 Å². The van der Waals surface area contributed by atoms with Crippen molar-refractivity contribution in [3.05, 3.63) is 81.2 Å². The third-order valence-electron chi connectivity index (χ3n) is 6.80. The molecular weight excluding hydrogens is 494 g/mol. The van der Waals surface area contributed by atoms with Crippen molar-refractivity contribution >= 4 is 23.4 Å². The van der Waals surface area contributed by atoms with E-state index < -0.39 is 11.9 Å². The Balaban J connectivity index is 1.79. The van der Waals surface area contributed by atoms with Gasteiger partial charge in [0.15, 0.2) is 17.3 Å². The minimum atomic E-state index is -0.667. The standard InChI is InChI=1S/C29H32ClNO6/c1-5-36-13-14-37-29(33)25-17(2)31-22-15-19(18-9-11-20(30)12-10-18)16-23(32)27(22)26(25)21-7-6-8-24(34-3)28(21)35-4/h6-12,19,26,31H,5,13-16H2,1-4H3/t19-,26-/m0/s1. The number of nitrogens with one attached hydrogen (secondary N) is 1. The van der Waals surface area contributed by atoms with Gasteiger partial charge in [-0.2, -0.15) is 0 Å². The van der Waals surface area contributed by atoms with Gasteiger partial charge in [-0.15, -0.1) is 0 Å². The van der Waals surface area contributed by atoms with Crippen molar-refractivity contribution in [3.8, 4) is 11.5 Å². The van der Waals surface area contributed by atoms with Gasteiger partial charge in [0.1, 0.15) is 6.61 Å². The Bertz CT molecular complexity index is 1230. The van der Waals surface area contributed by atoms with Gasteiger partial charge in [-0.25, -0.2) is 4.79 Å². The van der Waals surface area contributed by atoms with Gasteiger partial charge in [-0.05, 0) is 49.9 Å². The van der Waals surface area contributed by atoms with Crippen LogP contribution in [0.5, 0.6) is 11.5 Å². The largest absolute Gasteiger partial charge is 0.493 e. The molecule has 0 radical (unpaired) electrons. The number of ether oxygens (including phenoxy) is 4. The van der Waals surface area contributed by atoms with E-state index in [1.165, 1.54) is 0 Å². The lowest BCUT2D eigenvalue weighted by Gasteiger charge is -2.37. The molecule has 1 aliphatic heterocycles. The fourth-order valence-corrected chi connectivity index (χ4v) is 5.27. The molecule has 0 amide bonds. The summed E-state index contributed by atoms with van der Waals surface area (Å²) in [6, 6.07) is 13.1.